The molecule has 1 rings (SSSR count). The van der Waals surface area contributed by atoms with Crippen molar-refractivity contribution >= 4 is 0 Å². The molecule has 0 aliphatic heterocycles. The molecule has 0 aliphatic rings. The van der Waals surface area contributed by atoms with Crippen LogP contribution in [0, 0.1) is 6.92 Å². The van der Waals surface area contributed by atoms with Crippen molar-refractivity contribution in [1.29, 1.82) is 0 Å². The second-order valence-corrected chi connectivity index (χ2v) is 4.93. The molecule has 0 bridgehead atoms. The van der Waals surface area contributed by atoms with Gasteiger partial charge in [-0.1, -0.05) is 6.07 Å². The van der Waals surface area contributed by atoms with E-state index in [1.54, 1.807) is 13.3 Å². The summed E-state index contributed by atoms with van der Waals surface area (Å²) < 4.78 is 5.41. The summed E-state index contributed by atoms with van der Waals surface area (Å²) in [6.45, 7) is 6.20. The lowest BCUT2D eigenvalue weighted by Gasteiger charge is -2.26. The topological polar surface area (TPSA) is 60.2 Å². The Morgan fingerprint density at radius 2 is 2.24 bits per heavy atom. The predicted octanol–water partition coefficient (Wildman–Crippen LogP) is 2.10. The number of aryl methyl sites for hydroxylation is 1. The fourth-order valence-corrected chi connectivity index (χ4v) is 1.76. The quantitative estimate of drug-likeness (QED) is 0.587. The Morgan fingerprint density at radius 3 is 2.76 bits per heavy atom. The van der Waals surface area contributed by atoms with Crippen LogP contribution < -0.4 is 11.3 Å². The number of aromatic nitrogens is 1. The van der Waals surface area contributed by atoms with Gasteiger partial charge in [0.05, 0.1) is 17.3 Å². The maximum atomic E-state index is 5.61. The first-order chi connectivity index (χ1) is 8.00. The monoisotopic (exact) mass is 237 g/mol. The number of hydrazine groups is 1. The van der Waals surface area contributed by atoms with E-state index in [-0.39, 0.29) is 11.6 Å². The van der Waals surface area contributed by atoms with E-state index in [1.165, 1.54) is 0 Å². The van der Waals surface area contributed by atoms with Crippen molar-refractivity contribution in [1.82, 2.24) is 10.4 Å². The molecule has 1 heterocycles. The normalized spacial score (nSPS) is 13.7. The number of nitrogens with two attached hydrogens (primary N) is 1. The van der Waals surface area contributed by atoms with Gasteiger partial charge in [0.1, 0.15) is 0 Å². The SMILES string of the molecule is COC(C)(C)CCC(NN)c1ncccc1C. The van der Waals surface area contributed by atoms with Gasteiger partial charge in [0.15, 0.2) is 0 Å². The number of ether oxygens (including phenoxy) is 1. The second-order valence-electron chi connectivity index (χ2n) is 4.93. The van der Waals surface area contributed by atoms with Gasteiger partial charge in [0.2, 0.25) is 0 Å². The molecule has 0 fully saturated rings. The third kappa shape index (κ3) is 4.07. The molecular weight excluding hydrogens is 214 g/mol. The van der Waals surface area contributed by atoms with Crippen LogP contribution in [-0.2, 0) is 4.74 Å². The molecule has 1 unspecified atom stereocenters. The zero-order chi connectivity index (χ0) is 12.9. The van der Waals surface area contributed by atoms with E-state index < -0.39 is 0 Å². The third-order valence-corrected chi connectivity index (χ3v) is 3.17. The lowest BCUT2D eigenvalue weighted by Crippen LogP contribution is -2.32. The first kappa shape index (κ1) is 14.1. The van der Waals surface area contributed by atoms with Crippen LogP contribution in [0.4, 0.5) is 0 Å². The summed E-state index contributed by atoms with van der Waals surface area (Å²) in [6, 6.07) is 4.06. The summed E-state index contributed by atoms with van der Waals surface area (Å²) in [4.78, 5) is 4.39. The Hall–Kier alpha value is -0.970. The molecule has 96 valence electrons. The summed E-state index contributed by atoms with van der Waals surface area (Å²) in [5, 5.41) is 0. The average Bonchev–Trinajstić information content (AvgIpc) is 2.32. The molecule has 0 spiro atoms. The lowest BCUT2D eigenvalue weighted by atomic mass is 9.96. The molecule has 17 heavy (non-hydrogen) atoms. The van der Waals surface area contributed by atoms with Gasteiger partial charge in [0.25, 0.3) is 0 Å². The number of hydrogen-bond donors (Lipinski definition) is 2. The van der Waals surface area contributed by atoms with Gasteiger partial charge in [-0.3, -0.25) is 16.3 Å². The van der Waals surface area contributed by atoms with E-state index in [1.807, 2.05) is 19.1 Å². The molecular formula is C13H23N3O. The molecule has 1 aromatic heterocycles. The van der Waals surface area contributed by atoms with E-state index >= 15 is 0 Å². The van der Waals surface area contributed by atoms with Crippen LogP contribution in [-0.4, -0.2) is 17.7 Å². The highest BCUT2D eigenvalue weighted by atomic mass is 16.5. The molecule has 1 aromatic rings. The number of hydrogen-bond acceptors (Lipinski definition) is 4. The Balaban J connectivity index is 2.70. The van der Waals surface area contributed by atoms with Crippen molar-refractivity contribution in [2.24, 2.45) is 5.84 Å². The van der Waals surface area contributed by atoms with E-state index in [4.69, 9.17) is 10.6 Å². The maximum absolute atomic E-state index is 5.61. The molecule has 0 amide bonds. The number of nitrogens with zero attached hydrogens (tertiary/aromatic N) is 1. The average molecular weight is 237 g/mol. The molecule has 0 saturated carbocycles. The summed E-state index contributed by atoms with van der Waals surface area (Å²) in [5.74, 6) is 5.61. The zero-order valence-corrected chi connectivity index (χ0v) is 11.2. The standard InChI is InChI=1S/C13H23N3O/c1-10-6-5-9-15-12(10)11(16-14)7-8-13(2,3)17-4/h5-6,9,11,16H,7-8,14H2,1-4H3. The second kappa shape index (κ2) is 6.10. The Morgan fingerprint density at radius 1 is 1.53 bits per heavy atom. The number of pyridine rings is 1. The maximum Gasteiger partial charge on any atom is 0.0635 e. The molecule has 3 N–H and O–H groups in total. The highest BCUT2D eigenvalue weighted by Gasteiger charge is 2.21. The molecule has 0 aromatic carbocycles. The van der Waals surface area contributed by atoms with Crippen molar-refractivity contribution in [3.8, 4) is 0 Å². The van der Waals surface area contributed by atoms with Crippen LogP contribution in [0.2, 0.25) is 0 Å². The van der Waals surface area contributed by atoms with Crippen molar-refractivity contribution in [3.05, 3.63) is 29.6 Å². The minimum Gasteiger partial charge on any atom is -0.379 e. The summed E-state index contributed by atoms with van der Waals surface area (Å²) in [7, 11) is 1.73. The molecule has 0 aliphatic carbocycles. The first-order valence-electron chi connectivity index (χ1n) is 5.93. The van der Waals surface area contributed by atoms with Crippen LogP contribution in [0.3, 0.4) is 0 Å². The first-order valence-corrected chi connectivity index (χ1v) is 5.93. The van der Waals surface area contributed by atoms with Crippen molar-refractivity contribution in [2.75, 3.05) is 7.11 Å². The third-order valence-electron chi connectivity index (χ3n) is 3.17. The summed E-state index contributed by atoms with van der Waals surface area (Å²) >= 11 is 0. The minimum absolute atomic E-state index is 0.0747. The van der Waals surface area contributed by atoms with Crippen LogP contribution in [0.25, 0.3) is 0 Å². The summed E-state index contributed by atoms with van der Waals surface area (Å²) in [5.41, 5.74) is 4.88. The molecule has 4 nitrogen and oxygen atoms in total. The van der Waals surface area contributed by atoms with Crippen LogP contribution >= 0.6 is 0 Å². The fourth-order valence-electron chi connectivity index (χ4n) is 1.76. The van der Waals surface area contributed by atoms with Crippen molar-refractivity contribution in [2.45, 2.75) is 45.3 Å². The van der Waals surface area contributed by atoms with Crippen LogP contribution in [0.1, 0.15) is 44.0 Å². The van der Waals surface area contributed by atoms with Crippen LogP contribution in [0.5, 0.6) is 0 Å². The van der Waals surface area contributed by atoms with Gasteiger partial charge in [-0.25, -0.2) is 0 Å². The minimum atomic E-state index is -0.127. The lowest BCUT2D eigenvalue weighted by molar-refractivity contribution is 0.0116. The largest absolute Gasteiger partial charge is 0.379 e. The Bertz CT molecular complexity index is 352. The van der Waals surface area contributed by atoms with Gasteiger partial charge in [-0.2, -0.15) is 0 Å². The van der Waals surface area contributed by atoms with Crippen molar-refractivity contribution < 1.29 is 4.74 Å². The van der Waals surface area contributed by atoms with E-state index in [0.29, 0.717) is 0 Å². The number of nitrogens with one attached hydrogen (secondary N) is 1. The smallest absolute Gasteiger partial charge is 0.0635 e. The number of methoxy groups -OCH3 is 1. The Labute approximate surface area is 104 Å². The van der Waals surface area contributed by atoms with Gasteiger partial charge in [-0.15, -0.1) is 0 Å². The zero-order valence-electron chi connectivity index (χ0n) is 11.2. The van der Waals surface area contributed by atoms with Gasteiger partial charge in [-0.05, 0) is 45.2 Å². The van der Waals surface area contributed by atoms with E-state index in [0.717, 1.165) is 24.1 Å². The fraction of sp³-hybridized carbons (Fsp3) is 0.615. The van der Waals surface area contributed by atoms with E-state index in [2.05, 4.69) is 24.3 Å². The van der Waals surface area contributed by atoms with E-state index in [9.17, 15) is 0 Å². The molecule has 0 saturated heterocycles. The van der Waals surface area contributed by atoms with Crippen LogP contribution in [0.15, 0.2) is 18.3 Å². The van der Waals surface area contributed by atoms with Gasteiger partial charge in [0, 0.05) is 13.3 Å². The molecule has 1 atom stereocenters. The highest BCUT2D eigenvalue weighted by molar-refractivity contribution is 5.20. The summed E-state index contributed by atoms with van der Waals surface area (Å²) in [6.07, 6.45) is 3.62. The van der Waals surface area contributed by atoms with Gasteiger partial charge >= 0.3 is 0 Å². The predicted molar refractivity (Wildman–Crippen MR) is 69.4 cm³/mol. The number of rotatable bonds is 6. The van der Waals surface area contributed by atoms with Gasteiger partial charge < -0.3 is 4.74 Å². The highest BCUT2D eigenvalue weighted by Crippen LogP contribution is 2.24. The Kier molecular flexibility index (Phi) is 5.05. The van der Waals surface area contributed by atoms with Crippen molar-refractivity contribution in [3.63, 3.8) is 0 Å². The molecule has 0 radical (unpaired) electrons. The molecule has 4 heteroatoms.